The van der Waals surface area contributed by atoms with E-state index in [2.05, 4.69) is 15.3 Å². The lowest BCUT2D eigenvalue weighted by Crippen LogP contribution is -2.56. The maximum Gasteiger partial charge on any atom is 0.321 e. The molecule has 16 heavy (non-hydrogen) atoms. The molecule has 0 saturated carbocycles. The van der Waals surface area contributed by atoms with Crippen molar-refractivity contribution in [3.63, 3.8) is 0 Å². The van der Waals surface area contributed by atoms with E-state index in [9.17, 15) is 4.79 Å². The summed E-state index contributed by atoms with van der Waals surface area (Å²) in [7, 11) is 0. The number of nitrogens with one attached hydrogen (secondary N) is 2. The zero-order valence-corrected chi connectivity index (χ0v) is 9.51. The molecule has 0 amide bonds. The van der Waals surface area contributed by atoms with Crippen molar-refractivity contribution in [2.75, 3.05) is 11.5 Å². The first kappa shape index (κ1) is 10.2. The van der Waals surface area contributed by atoms with E-state index in [1.54, 1.807) is 6.33 Å². The number of carboxylic acid groups (broad SMARTS) is 1. The quantitative estimate of drug-likeness (QED) is 0.658. The van der Waals surface area contributed by atoms with Gasteiger partial charge < -0.3 is 10.1 Å². The molecule has 1 spiro atoms. The number of aliphatic carboxylic acids is 1. The lowest BCUT2D eigenvalue weighted by molar-refractivity contribution is -0.140. The summed E-state index contributed by atoms with van der Waals surface area (Å²) in [4.78, 5) is 18.6. The SMILES string of the molecule is O=C(O)C1Cc2[nH]cnc2C2(CCSC2)N1. The molecule has 3 N–H and O–H groups in total. The van der Waals surface area contributed by atoms with Crippen LogP contribution < -0.4 is 5.32 Å². The highest BCUT2D eigenvalue weighted by atomic mass is 32.2. The highest BCUT2D eigenvalue weighted by molar-refractivity contribution is 7.99. The van der Waals surface area contributed by atoms with Crippen LogP contribution in [0.15, 0.2) is 6.33 Å². The monoisotopic (exact) mass is 239 g/mol. The van der Waals surface area contributed by atoms with Crippen molar-refractivity contribution in [3.8, 4) is 0 Å². The molecule has 3 rings (SSSR count). The molecule has 2 aliphatic heterocycles. The molecule has 6 heteroatoms. The molecule has 5 nitrogen and oxygen atoms in total. The Kier molecular flexibility index (Phi) is 2.22. The summed E-state index contributed by atoms with van der Waals surface area (Å²) >= 11 is 1.85. The average Bonchev–Trinajstić information content (AvgIpc) is 2.87. The minimum Gasteiger partial charge on any atom is -0.480 e. The molecule has 2 aliphatic rings. The largest absolute Gasteiger partial charge is 0.480 e. The molecule has 1 fully saturated rings. The Balaban J connectivity index is 2.03. The Morgan fingerprint density at radius 3 is 3.25 bits per heavy atom. The van der Waals surface area contributed by atoms with Crippen LogP contribution in [0.2, 0.25) is 0 Å². The Morgan fingerprint density at radius 1 is 1.69 bits per heavy atom. The first-order valence-electron chi connectivity index (χ1n) is 5.32. The standard InChI is InChI=1S/C10H13N3O2S/c14-9(15)7-3-6-8(12-5-11-6)10(13-7)1-2-16-4-10/h5,7,13H,1-4H2,(H,11,12)(H,14,15). The van der Waals surface area contributed by atoms with Gasteiger partial charge in [-0.15, -0.1) is 0 Å². The number of aromatic nitrogens is 2. The summed E-state index contributed by atoms with van der Waals surface area (Å²) in [6.07, 6.45) is 3.12. The van der Waals surface area contributed by atoms with Crippen LogP contribution in [0.1, 0.15) is 17.8 Å². The van der Waals surface area contributed by atoms with Gasteiger partial charge in [-0.05, 0) is 12.2 Å². The van der Waals surface area contributed by atoms with Gasteiger partial charge in [0.1, 0.15) is 6.04 Å². The van der Waals surface area contributed by atoms with Crippen LogP contribution in [-0.4, -0.2) is 38.6 Å². The second-order valence-electron chi connectivity index (χ2n) is 4.35. The van der Waals surface area contributed by atoms with Crippen molar-refractivity contribution in [1.82, 2.24) is 15.3 Å². The molecule has 0 radical (unpaired) electrons. The number of thioether (sulfide) groups is 1. The van der Waals surface area contributed by atoms with E-state index >= 15 is 0 Å². The summed E-state index contributed by atoms with van der Waals surface area (Å²) < 4.78 is 0. The predicted octanol–water partition coefficient (Wildman–Crippen LogP) is 0.341. The lowest BCUT2D eigenvalue weighted by Gasteiger charge is -2.36. The number of H-pyrrole nitrogens is 1. The van der Waals surface area contributed by atoms with Gasteiger partial charge in [-0.25, -0.2) is 4.98 Å². The number of nitrogens with zero attached hydrogens (tertiary/aromatic N) is 1. The Bertz CT molecular complexity index is 425. The summed E-state index contributed by atoms with van der Waals surface area (Å²) in [5.74, 6) is 1.19. The number of aromatic amines is 1. The van der Waals surface area contributed by atoms with Gasteiger partial charge in [-0.1, -0.05) is 0 Å². The van der Waals surface area contributed by atoms with Gasteiger partial charge in [0, 0.05) is 17.9 Å². The molecule has 2 atom stereocenters. The number of imidazole rings is 1. The summed E-state index contributed by atoms with van der Waals surface area (Å²) in [6, 6.07) is -0.494. The highest BCUT2D eigenvalue weighted by Gasteiger charge is 2.46. The normalized spacial score (nSPS) is 32.9. The average molecular weight is 239 g/mol. The third kappa shape index (κ3) is 1.36. The maximum absolute atomic E-state index is 11.1. The summed E-state index contributed by atoms with van der Waals surface area (Å²) in [6.45, 7) is 0. The summed E-state index contributed by atoms with van der Waals surface area (Å²) in [5.41, 5.74) is 1.78. The van der Waals surface area contributed by atoms with Crippen LogP contribution in [0.4, 0.5) is 0 Å². The van der Waals surface area contributed by atoms with Gasteiger partial charge in [-0.3, -0.25) is 10.1 Å². The molecule has 1 aromatic rings. The Labute approximate surface area is 97.0 Å². The maximum atomic E-state index is 11.1. The van der Waals surface area contributed by atoms with Crippen molar-refractivity contribution in [1.29, 1.82) is 0 Å². The number of hydrogen-bond acceptors (Lipinski definition) is 4. The minimum absolute atomic E-state index is 0.221. The van der Waals surface area contributed by atoms with E-state index < -0.39 is 12.0 Å². The summed E-state index contributed by atoms with van der Waals surface area (Å²) in [5, 5.41) is 12.4. The fourth-order valence-electron chi connectivity index (χ4n) is 2.56. The van der Waals surface area contributed by atoms with E-state index in [0.717, 1.165) is 29.3 Å². The highest BCUT2D eigenvalue weighted by Crippen LogP contribution is 2.40. The van der Waals surface area contributed by atoms with Crippen molar-refractivity contribution in [3.05, 3.63) is 17.7 Å². The van der Waals surface area contributed by atoms with E-state index in [0.29, 0.717) is 6.42 Å². The van der Waals surface area contributed by atoms with Crippen LogP contribution in [0.25, 0.3) is 0 Å². The smallest absolute Gasteiger partial charge is 0.321 e. The molecular weight excluding hydrogens is 226 g/mol. The minimum atomic E-state index is -0.781. The van der Waals surface area contributed by atoms with Gasteiger partial charge in [0.25, 0.3) is 0 Å². The Morgan fingerprint density at radius 2 is 2.56 bits per heavy atom. The van der Waals surface area contributed by atoms with Crippen molar-refractivity contribution >= 4 is 17.7 Å². The molecule has 2 unspecified atom stereocenters. The van der Waals surface area contributed by atoms with Crippen LogP contribution in [0.5, 0.6) is 0 Å². The third-order valence-corrected chi connectivity index (χ3v) is 4.54. The second kappa shape index (κ2) is 3.49. The van der Waals surface area contributed by atoms with Gasteiger partial charge >= 0.3 is 5.97 Å². The van der Waals surface area contributed by atoms with E-state index in [-0.39, 0.29) is 5.54 Å². The lowest BCUT2D eigenvalue weighted by atomic mass is 9.86. The molecule has 86 valence electrons. The van der Waals surface area contributed by atoms with Crippen LogP contribution in [0, 0.1) is 0 Å². The first-order chi connectivity index (χ1) is 7.71. The van der Waals surface area contributed by atoms with Gasteiger partial charge in [0.15, 0.2) is 0 Å². The van der Waals surface area contributed by atoms with Gasteiger partial charge in [0.2, 0.25) is 0 Å². The number of carbonyl (C=O) groups is 1. The molecule has 1 saturated heterocycles. The van der Waals surface area contributed by atoms with Gasteiger partial charge in [-0.2, -0.15) is 11.8 Å². The zero-order valence-electron chi connectivity index (χ0n) is 8.69. The molecule has 0 bridgehead atoms. The first-order valence-corrected chi connectivity index (χ1v) is 6.48. The Hall–Kier alpha value is -1.01. The van der Waals surface area contributed by atoms with Gasteiger partial charge in [0.05, 0.1) is 17.6 Å². The van der Waals surface area contributed by atoms with Crippen LogP contribution in [0.3, 0.4) is 0 Å². The van der Waals surface area contributed by atoms with E-state index in [1.807, 2.05) is 11.8 Å². The second-order valence-corrected chi connectivity index (χ2v) is 5.46. The van der Waals surface area contributed by atoms with Crippen molar-refractivity contribution in [2.45, 2.75) is 24.4 Å². The van der Waals surface area contributed by atoms with E-state index in [4.69, 9.17) is 5.11 Å². The molecule has 0 aliphatic carbocycles. The number of fused-ring (bicyclic) bond motifs is 2. The number of rotatable bonds is 1. The fourth-order valence-corrected chi connectivity index (χ4v) is 3.91. The third-order valence-electron chi connectivity index (χ3n) is 3.35. The fraction of sp³-hybridized carbons (Fsp3) is 0.600. The molecular formula is C10H13N3O2S. The topological polar surface area (TPSA) is 78.0 Å². The number of carboxylic acids is 1. The van der Waals surface area contributed by atoms with Crippen molar-refractivity contribution in [2.24, 2.45) is 0 Å². The molecule has 0 aromatic carbocycles. The predicted molar refractivity (Wildman–Crippen MR) is 60.5 cm³/mol. The van der Waals surface area contributed by atoms with Crippen molar-refractivity contribution < 1.29 is 9.90 Å². The molecule has 1 aromatic heterocycles. The number of hydrogen-bond donors (Lipinski definition) is 3. The van der Waals surface area contributed by atoms with E-state index in [1.165, 1.54) is 0 Å². The van der Waals surface area contributed by atoms with Crippen LogP contribution in [-0.2, 0) is 16.8 Å². The van der Waals surface area contributed by atoms with Crippen LogP contribution >= 0.6 is 11.8 Å². The zero-order chi connectivity index (χ0) is 11.2. The molecule has 3 heterocycles.